The van der Waals surface area contributed by atoms with Crippen LogP contribution in [0, 0.1) is 0 Å². The molecule has 0 amide bonds. The molecule has 0 heterocycles. The van der Waals surface area contributed by atoms with Gasteiger partial charge in [-0.2, -0.15) is 0 Å². The molecule has 0 saturated heterocycles. The van der Waals surface area contributed by atoms with Crippen molar-refractivity contribution in [3.05, 3.63) is 11.6 Å². The molecule has 1 heteroatoms. The molecule has 0 radical (unpaired) electrons. The van der Waals surface area contributed by atoms with Gasteiger partial charge in [0, 0.05) is 6.04 Å². The zero-order valence-corrected chi connectivity index (χ0v) is 13.5. The summed E-state index contributed by atoms with van der Waals surface area (Å²) in [5, 5.41) is 0. The van der Waals surface area contributed by atoms with Crippen molar-refractivity contribution in [2.24, 2.45) is 0 Å². The van der Waals surface area contributed by atoms with Gasteiger partial charge in [0.15, 0.2) is 0 Å². The predicted octanol–water partition coefficient (Wildman–Crippen LogP) is 5.41. The lowest BCUT2D eigenvalue weighted by Gasteiger charge is -2.22. The van der Waals surface area contributed by atoms with E-state index in [1.165, 1.54) is 57.8 Å². The van der Waals surface area contributed by atoms with Gasteiger partial charge in [0.05, 0.1) is 0 Å². The van der Waals surface area contributed by atoms with Crippen LogP contribution >= 0.6 is 0 Å². The van der Waals surface area contributed by atoms with E-state index in [9.17, 15) is 0 Å². The Morgan fingerprint density at radius 2 is 1.44 bits per heavy atom. The third-order valence-electron chi connectivity index (χ3n) is 3.85. The molecule has 0 rings (SSSR count). The number of likely N-dealkylation sites (N-methyl/N-ethyl adjacent to an activating group) is 1. The van der Waals surface area contributed by atoms with E-state index in [0.29, 0.717) is 6.04 Å². The first-order valence-electron chi connectivity index (χ1n) is 8.01. The number of hydrogen-bond acceptors (Lipinski definition) is 1. The second kappa shape index (κ2) is 11.8. The molecule has 0 fully saturated rings. The van der Waals surface area contributed by atoms with Gasteiger partial charge < -0.3 is 4.90 Å². The van der Waals surface area contributed by atoms with Gasteiger partial charge in [0.25, 0.3) is 0 Å². The first kappa shape index (κ1) is 17.7. The molecule has 18 heavy (non-hydrogen) atoms. The summed E-state index contributed by atoms with van der Waals surface area (Å²) < 4.78 is 0. The van der Waals surface area contributed by atoms with Crippen LogP contribution in [0.25, 0.3) is 0 Å². The first-order chi connectivity index (χ1) is 8.65. The van der Waals surface area contributed by atoms with Crippen LogP contribution in [-0.4, -0.2) is 25.0 Å². The van der Waals surface area contributed by atoms with E-state index in [1.807, 2.05) is 0 Å². The van der Waals surface area contributed by atoms with Crippen LogP contribution in [0.15, 0.2) is 11.6 Å². The standard InChI is InChI=1S/C17H35N/c1-6-9-10-11-12-13-14-17(18(4)5)15-16(7-2)8-3/h15,17H,6-14H2,1-5H3. The van der Waals surface area contributed by atoms with Gasteiger partial charge in [-0.25, -0.2) is 0 Å². The van der Waals surface area contributed by atoms with Gasteiger partial charge >= 0.3 is 0 Å². The van der Waals surface area contributed by atoms with Crippen molar-refractivity contribution in [3.63, 3.8) is 0 Å². The summed E-state index contributed by atoms with van der Waals surface area (Å²) in [6.07, 6.45) is 14.6. The molecule has 1 unspecified atom stereocenters. The summed E-state index contributed by atoms with van der Waals surface area (Å²) in [5.74, 6) is 0. The highest BCUT2D eigenvalue weighted by Gasteiger charge is 2.08. The molecule has 0 aliphatic carbocycles. The van der Waals surface area contributed by atoms with Crippen LogP contribution in [0.2, 0.25) is 0 Å². The number of nitrogens with zero attached hydrogens (tertiary/aromatic N) is 1. The topological polar surface area (TPSA) is 3.24 Å². The Morgan fingerprint density at radius 1 is 0.889 bits per heavy atom. The number of allylic oxidation sites excluding steroid dienone is 1. The van der Waals surface area contributed by atoms with E-state index < -0.39 is 0 Å². The van der Waals surface area contributed by atoms with E-state index in [1.54, 1.807) is 5.57 Å². The van der Waals surface area contributed by atoms with Crippen LogP contribution in [-0.2, 0) is 0 Å². The molecule has 0 aromatic rings. The average molecular weight is 253 g/mol. The molecule has 108 valence electrons. The Bertz CT molecular complexity index is 200. The fourth-order valence-corrected chi connectivity index (χ4v) is 2.38. The lowest BCUT2D eigenvalue weighted by molar-refractivity contribution is 0.317. The molecule has 0 aromatic heterocycles. The Kier molecular flexibility index (Phi) is 11.6. The van der Waals surface area contributed by atoms with E-state index in [4.69, 9.17) is 0 Å². The maximum Gasteiger partial charge on any atom is 0.0274 e. The van der Waals surface area contributed by atoms with Gasteiger partial charge in [-0.15, -0.1) is 0 Å². The van der Waals surface area contributed by atoms with Crippen molar-refractivity contribution in [2.75, 3.05) is 14.1 Å². The Labute approximate surface area is 116 Å². The summed E-state index contributed by atoms with van der Waals surface area (Å²) in [5.41, 5.74) is 1.61. The predicted molar refractivity (Wildman–Crippen MR) is 84.1 cm³/mol. The minimum absolute atomic E-state index is 0.645. The van der Waals surface area contributed by atoms with Crippen molar-refractivity contribution < 1.29 is 0 Å². The summed E-state index contributed by atoms with van der Waals surface area (Å²) >= 11 is 0. The molecule has 0 aliphatic rings. The van der Waals surface area contributed by atoms with E-state index in [-0.39, 0.29) is 0 Å². The van der Waals surface area contributed by atoms with Crippen LogP contribution in [0.5, 0.6) is 0 Å². The molecule has 0 saturated carbocycles. The Hall–Kier alpha value is -0.300. The normalized spacial score (nSPS) is 12.8. The van der Waals surface area contributed by atoms with Crippen molar-refractivity contribution in [3.8, 4) is 0 Å². The lowest BCUT2D eigenvalue weighted by Crippen LogP contribution is -2.26. The van der Waals surface area contributed by atoms with Crippen LogP contribution in [0.3, 0.4) is 0 Å². The van der Waals surface area contributed by atoms with Gasteiger partial charge in [0.1, 0.15) is 0 Å². The summed E-state index contributed by atoms with van der Waals surface area (Å²) in [6, 6.07) is 0.645. The highest BCUT2D eigenvalue weighted by molar-refractivity contribution is 5.05. The van der Waals surface area contributed by atoms with E-state index in [0.717, 1.165) is 0 Å². The number of rotatable bonds is 11. The van der Waals surface area contributed by atoms with Gasteiger partial charge in [-0.05, 0) is 33.4 Å². The minimum atomic E-state index is 0.645. The zero-order valence-electron chi connectivity index (χ0n) is 13.5. The molecule has 1 atom stereocenters. The first-order valence-corrected chi connectivity index (χ1v) is 8.01. The SMILES string of the molecule is CCCCCCCCC(C=C(CC)CC)N(C)C. The third-order valence-corrected chi connectivity index (χ3v) is 3.85. The molecule has 0 aromatic carbocycles. The maximum atomic E-state index is 2.51. The van der Waals surface area contributed by atoms with Crippen molar-refractivity contribution in [1.29, 1.82) is 0 Å². The Balaban J connectivity index is 3.94. The summed E-state index contributed by atoms with van der Waals surface area (Å²) in [4.78, 5) is 2.37. The van der Waals surface area contributed by atoms with Crippen molar-refractivity contribution >= 4 is 0 Å². The number of unbranched alkanes of at least 4 members (excludes halogenated alkanes) is 5. The monoisotopic (exact) mass is 253 g/mol. The largest absolute Gasteiger partial charge is 0.303 e. The van der Waals surface area contributed by atoms with Gasteiger partial charge in [0.2, 0.25) is 0 Å². The van der Waals surface area contributed by atoms with E-state index in [2.05, 4.69) is 45.8 Å². The Morgan fingerprint density at radius 3 is 1.94 bits per heavy atom. The smallest absolute Gasteiger partial charge is 0.0274 e. The van der Waals surface area contributed by atoms with Crippen molar-refractivity contribution in [2.45, 2.75) is 84.6 Å². The van der Waals surface area contributed by atoms with Crippen molar-refractivity contribution in [1.82, 2.24) is 4.90 Å². The third kappa shape index (κ3) is 8.74. The summed E-state index contributed by atoms with van der Waals surface area (Å²) in [7, 11) is 4.42. The maximum absolute atomic E-state index is 2.51. The molecule has 0 spiro atoms. The molecule has 1 nitrogen and oxygen atoms in total. The zero-order chi connectivity index (χ0) is 13.8. The fourth-order valence-electron chi connectivity index (χ4n) is 2.38. The molecule has 0 aliphatic heterocycles. The molecule has 0 bridgehead atoms. The fraction of sp³-hybridized carbons (Fsp3) is 0.882. The second-order valence-electron chi connectivity index (χ2n) is 5.62. The quantitative estimate of drug-likeness (QED) is 0.351. The molecular weight excluding hydrogens is 218 g/mol. The van der Waals surface area contributed by atoms with Gasteiger partial charge in [-0.1, -0.05) is 70.9 Å². The molecule has 0 N–H and O–H groups in total. The highest BCUT2D eigenvalue weighted by atomic mass is 15.1. The molecular formula is C17H35N. The summed E-state index contributed by atoms with van der Waals surface area (Å²) in [6.45, 7) is 6.82. The lowest BCUT2D eigenvalue weighted by atomic mass is 10.0. The highest BCUT2D eigenvalue weighted by Crippen LogP contribution is 2.15. The van der Waals surface area contributed by atoms with E-state index >= 15 is 0 Å². The minimum Gasteiger partial charge on any atom is -0.303 e. The van der Waals surface area contributed by atoms with Crippen LogP contribution < -0.4 is 0 Å². The van der Waals surface area contributed by atoms with Gasteiger partial charge in [-0.3, -0.25) is 0 Å². The second-order valence-corrected chi connectivity index (χ2v) is 5.62. The van der Waals surface area contributed by atoms with Crippen LogP contribution in [0.4, 0.5) is 0 Å². The average Bonchev–Trinajstić information content (AvgIpc) is 2.37. The number of hydrogen-bond donors (Lipinski definition) is 0. The van der Waals surface area contributed by atoms with Crippen LogP contribution in [0.1, 0.15) is 78.6 Å².